The SMILES string of the molecule is CC/C=C\C/C=C\C/C=C\C/C=C\C/C=C\C/C=C\CCCCCCCCCCCCC(=O)NC(COC1OC(CO)C(O)C(O)C1O)C(O)CCCCCCCCCCCCCCCCCC. The van der Waals surface area contributed by atoms with Gasteiger partial charge in [0.2, 0.25) is 5.91 Å². The molecule has 1 amide bonds. The van der Waals surface area contributed by atoms with Gasteiger partial charge in [-0.3, -0.25) is 4.79 Å². The Balaban J connectivity index is 2.21. The van der Waals surface area contributed by atoms with E-state index in [4.69, 9.17) is 9.47 Å². The van der Waals surface area contributed by atoms with Gasteiger partial charge in [0.25, 0.3) is 0 Å². The fourth-order valence-electron chi connectivity index (χ4n) is 8.64. The molecular weight excluding hydrogens is 851 g/mol. The minimum absolute atomic E-state index is 0.142. The van der Waals surface area contributed by atoms with Crippen LogP contribution in [0.15, 0.2) is 72.9 Å². The molecule has 394 valence electrons. The molecular formula is C59H105NO8. The van der Waals surface area contributed by atoms with E-state index in [0.29, 0.717) is 12.8 Å². The summed E-state index contributed by atoms with van der Waals surface area (Å²) in [5.41, 5.74) is 0. The Bertz CT molecular complexity index is 1290. The summed E-state index contributed by atoms with van der Waals surface area (Å²) in [5, 5.41) is 54.6. The van der Waals surface area contributed by atoms with Gasteiger partial charge in [-0.1, -0.05) is 241 Å². The number of ether oxygens (including phenoxy) is 2. The molecule has 68 heavy (non-hydrogen) atoms. The standard InChI is InChI=1S/C59H105NO8/c1-3-5-7-9-11-13-15-17-19-21-22-23-24-25-26-27-28-29-30-31-32-33-35-37-39-41-43-45-47-49-55(63)60-52(51-67-59-58(66)57(65)56(64)54(50-61)68-59)53(62)48-46-44-42-40-38-36-34-20-18-16-14-12-10-8-6-4-2/h5,7,11,13,17,19,22-23,25-26,28-29,52-54,56-59,61-62,64-66H,3-4,6,8-10,12,14-16,18,20-21,24,27,30-51H2,1-2H3,(H,60,63)/b7-5-,13-11-,19-17-,23-22-,26-25-,29-28-. The molecule has 1 aliphatic heterocycles. The third-order valence-electron chi connectivity index (χ3n) is 13.1. The van der Waals surface area contributed by atoms with Crippen LogP contribution in [0.25, 0.3) is 0 Å². The third kappa shape index (κ3) is 37.5. The fourth-order valence-corrected chi connectivity index (χ4v) is 8.64. The monoisotopic (exact) mass is 956 g/mol. The maximum atomic E-state index is 13.1. The predicted molar refractivity (Wildman–Crippen MR) is 285 cm³/mol. The number of aliphatic hydroxyl groups excluding tert-OH is 5. The zero-order chi connectivity index (χ0) is 49.4. The summed E-state index contributed by atoms with van der Waals surface area (Å²) in [6, 6.07) is -0.725. The molecule has 7 atom stereocenters. The van der Waals surface area contributed by atoms with Gasteiger partial charge in [-0.25, -0.2) is 0 Å². The molecule has 0 bridgehead atoms. The lowest BCUT2D eigenvalue weighted by atomic mass is 9.99. The van der Waals surface area contributed by atoms with Crippen LogP contribution in [-0.4, -0.2) is 87.5 Å². The Morgan fingerprint density at radius 1 is 0.515 bits per heavy atom. The Morgan fingerprint density at radius 2 is 0.912 bits per heavy atom. The van der Waals surface area contributed by atoms with Gasteiger partial charge in [-0.2, -0.15) is 0 Å². The van der Waals surface area contributed by atoms with Gasteiger partial charge in [0.05, 0.1) is 25.4 Å². The van der Waals surface area contributed by atoms with E-state index in [-0.39, 0.29) is 12.5 Å². The minimum Gasteiger partial charge on any atom is -0.394 e. The Morgan fingerprint density at radius 3 is 1.35 bits per heavy atom. The van der Waals surface area contributed by atoms with Gasteiger partial charge in [-0.15, -0.1) is 0 Å². The normalized spacial score (nSPS) is 20.1. The zero-order valence-electron chi connectivity index (χ0n) is 43.6. The average Bonchev–Trinajstić information content (AvgIpc) is 3.34. The molecule has 0 aliphatic carbocycles. The molecule has 1 rings (SSSR count). The minimum atomic E-state index is -1.56. The van der Waals surface area contributed by atoms with Gasteiger partial charge in [0.15, 0.2) is 6.29 Å². The van der Waals surface area contributed by atoms with Crippen LogP contribution in [0.5, 0.6) is 0 Å². The second-order valence-electron chi connectivity index (χ2n) is 19.4. The Hall–Kier alpha value is -2.37. The molecule has 0 aromatic heterocycles. The van der Waals surface area contributed by atoms with Crippen molar-refractivity contribution in [1.82, 2.24) is 5.32 Å². The summed E-state index contributed by atoms with van der Waals surface area (Å²) in [4.78, 5) is 13.1. The summed E-state index contributed by atoms with van der Waals surface area (Å²) < 4.78 is 11.3. The van der Waals surface area contributed by atoms with Crippen LogP contribution < -0.4 is 5.32 Å². The average molecular weight is 956 g/mol. The predicted octanol–water partition coefficient (Wildman–Crippen LogP) is 13.7. The fraction of sp³-hybridized carbons (Fsp3) is 0.780. The zero-order valence-corrected chi connectivity index (χ0v) is 43.6. The molecule has 1 fully saturated rings. The number of unbranched alkanes of at least 4 members (excludes halogenated alkanes) is 25. The first-order valence-corrected chi connectivity index (χ1v) is 28.1. The van der Waals surface area contributed by atoms with Crippen molar-refractivity contribution in [3.63, 3.8) is 0 Å². The second kappa shape index (κ2) is 48.3. The highest BCUT2D eigenvalue weighted by molar-refractivity contribution is 5.76. The van der Waals surface area contributed by atoms with Crippen LogP contribution in [0.4, 0.5) is 0 Å². The molecule has 1 saturated heterocycles. The van der Waals surface area contributed by atoms with Gasteiger partial charge in [0.1, 0.15) is 24.4 Å². The van der Waals surface area contributed by atoms with E-state index in [0.717, 1.165) is 83.5 Å². The lowest BCUT2D eigenvalue weighted by Gasteiger charge is -2.40. The van der Waals surface area contributed by atoms with Crippen molar-refractivity contribution in [2.45, 2.75) is 281 Å². The van der Waals surface area contributed by atoms with Crippen molar-refractivity contribution in [2.24, 2.45) is 0 Å². The number of aliphatic hydroxyl groups is 5. The molecule has 0 aromatic carbocycles. The maximum Gasteiger partial charge on any atom is 0.220 e. The van der Waals surface area contributed by atoms with Gasteiger partial charge in [0, 0.05) is 6.42 Å². The lowest BCUT2D eigenvalue weighted by Crippen LogP contribution is -2.60. The molecule has 9 nitrogen and oxygen atoms in total. The molecule has 0 spiro atoms. The van der Waals surface area contributed by atoms with E-state index in [1.165, 1.54) is 128 Å². The first kappa shape index (κ1) is 63.6. The molecule has 1 heterocycles. The van der Waals surface area contributed by atoms with Crippen molar-refractivity contribution in [1.29, 1.82) is 0 Å². The first-order chi connectivity index (χ1) is 33.3. The summed E-state index contributed by atoms with van der Waals surface area (Å²) in [5.74, 6) is -0.151. The summed E-state index contributed by atoms with van der Waals surface area (Å²) >= 11 is 0. The van der Waals surface area contributed by atoms with Crippen LogP contribution in [0.1, 0.15) is 239 Å². The number of hydrogen-bond donors (Lipinski definition) is 6. The lowest BCUT2D eigenvalue weighted by molar-refractivity contribution is -0.302. The van der Waals surface area contributed by atoms with Crippen molar-refractivity contribution in [3.8, 4) is 0 Å². The number of allylic oxidation sites excluding steroid dienone is 12. The van der Waals surface area contributed by atoms with Crippen LogP contribution in [0, 0.1) is 0 Å². The van der Waals surface area contributed by atoms with E-state index in [1.54, 1.807) is 0 Å². The summed E-state index contributed by atoms with van der Waals surface area (Å²) in [6.07, 6.45) is 59.2. The van der Waals surface area contributed by atoms with Crippen molar-refractivity contribution >= 4 is 5.91 Å². The van der Waals surface area contributed by atoms with Gasteiger partial charge in [-0.05, 0) is 64.2 Å². The topological polar surface area (TPSA) is 149 Å². The second-order valence-corrected chi connectivity index (χ2v) is 19.4. The smallest absolute Gasteiger partial charge is 0.220 e. The molecule has 6 N–H and O–H groups in total. The van der Waals surface area contributed by atoms with E-state index in [9.17, 15) is 30.3 Å². The number of carbonyl (C=O) groups is 1. The van der Waals surface area contributed by atoms with Crippen molar-refractivity contribution in [3.05, 3.63) is 72.9 Å². The number of hydrogen-bond acceptors (Lipinski definition) is 8. The van der Waals surface area contributed by atoms with Crippen LogP contribution in [0.3, 0.4) is 0 Å². The molecule has 0 radical (unpaired) electrons. The van der Waals surface area contributed by atoms with E-state index < -0.39 is 49.5 Å². The Kier molecular flexibility index (Phi) is 45.2. The highest BCUT2D eigenvalue weighted by Gasteiger charge is 2.44. The van der Waals surface area contributed by atoms with Gasteiger partial charge >= 0.3 is 0 Å². The molecule has 7 unspecified atom stereocenters. The summed E-state index contributed by atoms with van der Waals surface area (Å²) in [7, 11) is 0. The van der Waals surface area contributed by atoms with Crippen LogP contribution in [-0.2, 0) is 14.3 Å². The highest BCUT2D eigenvalue weighted by Crippen LogP contribution is 2.23. The van der Waals surface area contributed by atoms with E-state index >= 15 is 0 Å². The number of rotatable bonds is 47. The van der Waals surface area contributed by atoms with E-state index in [1.807, 2.05) is 0 Å². The summed E-state index contributed by atoms with van der Waals surface area (Å²) in [6.45, 7) is 3.73. The highest BCUT2D eigenvalue weighted by atomic mass is 16.7. The van der Waals surface area contributed by atoms with E-state index in [2.05, 4.69) is 92.1 Å². The van der Waals surface area contributed by atoms with Gasteiger partial charge < -0.3 is 40.3 Å². The first-order valence-electron chi connectivity index (χ1n) is 28.1. The number of nitrogens with one attached hydrogen (secondary N) is 1. The number of carbonyl (C=O) groups excluding carboxylic acids is 1. The molecule has 0 aromatic rings. The largest absolute Gasteiger partial charge is 0.394 e. The van der Waals surface area contributed by atoms with Crippen molar-refractivity contribution < 1.29 is 39.8 Å². The molecule has 1 aliphatic rings. The Labute approximate surface area is 417 Å². The third-order valence-corrected chi connectivity index (χ3v) is 13.1. The van der Waals surface area contributed by atoms with Crippen LogP contribution in [0.2, 0.25) is 0 Å². The van der Waals surface area contributed by atoms with Crippen molar-refractivity contribution in [2.75, 3.05) is 13.2 Å². The number of amides is 1. The maximum absolute atomic E-state index is 13.1. The molecule has 9 heteroatoms. The molecule has 0 saturated carbocycles. The quantitative estimate of drug-likeness (QED) is 0.0261. The van der Waals surface area contributed by atoms with Crippen LogP contribution >= 0.6 is 0 Å².